The summed E-state index contributed by atoms with van der Waals surface area (Å²) in [7, 11) is 0. The van der Waals surface area contributed by atoms with Gasteiger partial charge in [-0.25, -0.2) is 0 Å². The van der Waals surface area contributed by atoms with Gasteiger partial charge in [0.25, 0.3) is 0 Å². The molecule has 0 spiro atoms. The molecule has 0 saturated carbocycles. The van der Waals surface area contributed by atoms with Crippen molar-refractivity contribution in [2.45, 2.75) is 72.6 Å². The average Bonchev–Trinajstić information content (AvgIpc) is 3.07. The van der Waals surface area contributed by atoms with Crippen molar-refractivity contribution in [1.29, 1.82) is 0 Å². The van der Waals surface area contributed by atoms with E-state index >= 15 is 0 Å². The van der Waals surface area contributed by atoms with Gasteiger partial charge < -0.3 is 39.4 Å². The molecular formula is C34H54O12. The fourth-order valence-corrected chi connectivity index (χ4v) is 5.62. The van der Waals surface area contributed by atoms with Crippen LogP contribution in [0.25, 0.3) is 0 Å². The molecule has 4 N–H and O–H groups in total. The van der Waals surface area contributed by atoms with Crippen molar-refractivity contribution in [2.24, 2.45) is 40.4 Å². The molecule has 0 heterocycles. The number of allylic oxidation sites excluding steroid dienone is 4. The molecule has 0 aromatic heterocycles. The van der Waals surface area contributed by atoms with Crippen LogP contribution in [0.15, 0.2) is 23.8 Å². The molecule has 5 atom stereocenters. The maximum absolute atomic E-state index is 13.0. The van der Waals surface area contributed by atoms with E-state index in [0.717, 1.165) is 5.57 Å². The largest absolute Gasteiger partial charge is 0.465 e. The van der Waals surface area contributed by atoms with Crippen LogP contribution >= 0.6 is 0 Å². The van der Waals surface area contributed by atoms with E-state index in [2.05, 4.69) is 0 Å². The van der Waals surface area contributed by atoms with Crippen LogP contribution in [0.2, 0.25) is 0 Å². The molecule has 0 aromatic carbocycles. The number of unbranched alkanes of at least 4 members (excludes halogenated alkanes) is 1. The van der Waals surface area contributed by atoms with Gasteiger partial charge in [-0.05, 0) is 57.8 Å². The van der Waals surface area contributed by atoms with Crippen molar-refractivity contribution in [3.8, 4) is 0 Å². The first kappa shape index (κ1) is 39.4. The van der Waals surface area contributed by atoms with Crippen LogP contribution in [-0.4, -0.2) is 97.2 Å². The van der Waals surface area contributed by atoms with Crippen molar-refractivity contribution in [3.63, 3.8) is 0 Å². The summed E-state index contributed by atoms with van der Waals surface area (Å²) < 4.78 is 21.9. The molecule has 5 unspecified atom stereocenters. The minimum Gasteiger partial charge on any atom is -0.465 e. The number of carbonyl (C=O) groups excluding carboxylic acids is 4. The van der Waals surface area contributed by atoms with Crippen LogP contribution in [0.1, 0.15) is 72.6 Å². The van der Waals surface area contributed by atoms with Gasteiger partial charge in [-0.1, -0.05) is 44.6 Å². The third-order valence-electron chi connectivity index (χ3n) is 9.67. The van der Waals surface area contributed by atoms with Gasteiger partial charge >= 0.3 is 23.9 Å². The highest BCUT2D eigenvalue weighted by Gasteiger charge is 2.42. The van der Waals surface area contributed by atoms with E-state index in [1.807, 2.05) is 32.1 Å². The maximum atomic E-state index is 13.0. The van der Waals surface area contributed by atoms with Crippen molar-refractivity contribution >= 4 is 23.9 Å². The Labute approximate surface area is 272 Å². The average molecular weight is 655 g/mol. The first-order chi connectivity index (χ1) is 22.0. The highest BCUT2D eigenvalue weighted by atomic mass is 16.6. The van der Waals surface area contributed by atoms with Crippen molar-refractivity contribution < 1.29 is 58.6 Å². The number of ether oxygens (including phenoxy) is 4. The van der Waals surface area contributed by atoms with Gasteiger partial charge in [0, 0.05) is 0 Å². The molecule has 0 bridgehead atoms. The van der Waals surface area contributed by atoms with Crippen LogP contribution in [0.4, 0.5) is 0 Å². The number of hydrogen-bond acceptors (Lipinski definition) is 12. The van der Waals surface area contributed by atoms with Gasteiger partial charge in [-0.3, -0.25) is 19.2 Å². The standard InChI is InChI=1S/C34H54O12/c1-5-33(17-35,18-36)21-45-29(39)25-13-12-23(3)16-27(25)31(41)44-15-8-7-14-43-30(40)26-11-9-10-24(4)28(26)32(42)46-22-34(6-2,19-37)20-38/h9-10,12,24-28,35-38H,5-8,11,13-22H2,1-4H3. The summed E-state index contributed by atoms with van der Waals surface area (Å²) in [5, 5.41) is 38.6. The van der Waals surface area contributed by atoms with Gasteiger partial charge in [-0.15, -0.1) is 0 Å². The number of carbonyl (C=O) groups is 4. The molecule has 2 aliphatic carbocycles. The summed E-state index contributed by atoms with van der Waals surface area (Å²) in [6.45, 7) is 5.74. The Morgan fingerprint density at radius 1 is 0.717 bits per heavy atom. The van der Waals surface area contributed by atoms with E-state index in [0.29, 0.717) is 44.9 Å². The number of esters is 4. The molecule has 0 fully saturated rings. The third kappa shape index (κ3) is 10.6. The molecule has 2 aliphatic rings. The molecule has 12 heteroatoms. The molecule has 262 valence electrons. The van der Waals surface area contributed by atoms with Crippen molar-refractivity contribution in [1.82, 2.24) is 0 Å². The predicted octanol–water partition coefficient (Wildman–Crippen LogP) is 2.50. The van der Waals surface area contributed by atoms with Crippen LogP contribution in [0.3, 0.4) is 0 Å². The van der Waals surface area contributed by atoms with Gasteiger partial charge in [0.2, 0.25) is 0 Å². The zero-order valence-corrected chi connectivity index (χ0v) is 27.8. The molecule has 0 amide bonds. The highest BCUT2D eigenvalue weighted by Crippen LogP contribution is 2.34. The van der Waals surface area contributed by atoms with Gasteiger partial charge in [0.1, 0.15) is 13.2 Å². The fraction of sp³-hybridized carbons (Fsp3) is 0.765. The minimum atomic E-state index is -0.943. The van der Waals surface area contributed by atoms with E-state index in [9.17, 15) is 39.6 Å². The normalized spacial score (nSPS) is 23.3. The lowest BCUT2D eigenvalue weighted by Crippen LogP contribution is -2.41. The lowest BCUT2D eigenvalue weighted by molar-refractivity contribution is -0.166. The second-order valence-electron chi connectivity index (χ2n) is 13.0. The topological polar surface area (TPSA) is 186 Å². The second kappa shape index (κ2) is 19.1. The summed E-state index contributed by atoms with van der Waals surface area (Å²) in [5.41, 5.74) is -0.914. The molecule has 2 rings (SSSR count). The predicted molar refractivity (Wildman–Crippen MR) is 167 cm³/mol. The smallest absolute Gasteiger partial charge is 0.310 e. The number of aliphatic hydroxyl groups excluding tert-OH is 4. The van der Waals surface area contributed by atoms with E-state index in [1.54, 1.807) is 13.8 Å². The van der Waals surface area contributed by atoms with Gasteiger partial charge in [0.15, 0.2) is 0 Å². The number of hydrogen-bond donors (Lipinski definition) is 4. The molecule has 0 aliphatic heterocycles. The summed E-state index contributed by atoms with van der Waals surface area (Å²) in [6.07, 6.45) is 8.23. The Morgan fingerprint density at radius 3 is 1.70 bits per heavy atom. The van der Waals surface area contributed by atoms with E-state index < -0.39 is 58.4 Å². The van der Waals surface area contributed by atoms with Crippen LogP contribution in [0.5, 0.6) is 0 Å². The minimum absolute atomic E-state index is 0.0653. The van der Waals surface area contributed by atoms with Crippen molar-refractivity contribution in [3.05, 3.63) is 23.8 Å². The Morgan fingerprint density at radius 2 is 1.20 bits per heavy atom. The van der Waals surface area contributed by atoms with Gasteiger partial charge in [0.05, 0.1) is 74.1 Å². The highest BCUT2D eigenvalue weighted by molar-refractivity contribution is 5.84. The Kier molecular flexibility index (Phi) is 16.4. The first-order valence-electron chi connectivity index (χ1n) is 16.4. The number of aliphatic hydroxyl groups is 4. The second-order valence-corrected chi connectivity index (χ2v) is 13.0. The summed E-state index contributed by atoms with van der Waals surface area (Å²) in [5.74, 6) is -5.41. The van der Waals surface area contributed by atoms with Crippen LogP contribution in [0, 0.1) is 40.4 Å². The van der Waals surface area contributed by atoms with E-state index in [1.165, 1.54) is 0 Å². The van der Waals surface area contributed by atoms with Gasteiger partial charge in [-0.2, -0.15) is 0 Å². The Bertz CT molecular complexity index is 1020. The third-order valence-corrected chi connectivity index (χ3v) is 9.67. The van der Waals surface area contributed by atoms with E-state index in [4.69, 9.17) is 18.9 Å². The first-order valence-corrected chi connectivity index (χ1v) is 16.4. The van der Waals surface area contributed by atoms with Crippen LogP contribution < -0.4 is 0 Å². The quantitative estimate of drug-likeness (QED) is 0.0691. The lowest BCUT2D eigenvalue weighted by Gasteiger charge is -2.32. The monoisotopic (exact) mass is 654 g/mol. The zero-order valence-electron chi connectivity index (χ0n) is 27.8. The Balaban J connectivity index is 1.84. The molecular weight excluding hydrogens is 600 g/mol. The lowest BCUT2D eigenvalue weighted by atomic mass is 9.76. The Hall–Kier alpha value is -2.80. The SMILES string of the molecule is CCC(CO)(CO)COC(=O)C1CC=C(C)CC1C(=O)OCCCCOC(=O)C1CC=CC(C)C1C(=O)OCC(CC)(CO)CO. The molecule has 46 heavy (non-hydrogen) atoms. The molecule has 0 saturated heterocycles. The molecule has 12 nitrogen and oxygen atoms in total. The maximum Gasteiger partial charge on any atom is 0.310 e. The van der Waals surface area contributed by atoms with Crippen molar-refractivity contribution in [2.75, 3.05) is 52.9 Å². The molecule has 0 radical (unpaired) electrons. The molecule has 0 aromatic rings. The van der Waals surface area contributed by atoms with Crippen LogP contribution in [-0.2, 0) is 38.1 Å². The summed E-state index contributed by atoms with van der Waals surface area (Å²) in [4.78, 5) is 51.9. The summed E-state index contributed by atoms with van der Waals surface area (Å²) >= 11 is 0. The number of rotatable bonds is 19. The fourth-order valence-electron chi connectivity index (χ4n) is 5.62. The summed E-state index contributed by atoms with van der Waals surface area (Å²) in [6, 6.07) is 0. The van der Waals surface area contributed by atoms with E-state index in [-0.39, 0.29) is 58.8 Å². The zero-order chi connectivity index (χ0) is 34.3.